The second-order valence-electron chi connectivity index (χ2n) is 10.1. The summed E-state index contributed by atoms with van der Waals surface area (Å²) in [5.41, 5.74) is 1.28. The molecule has 1 atom stereocenters. The molecule has 1 unspecified atom stereocenters. The zero-order valence-electron chi connectivity index (χ0n) is 20.9. The van der Waals surface area contributed by atoms with Crippen LogP contribution in [0.15, 0.2) is 30.3 Å². The summed E-state index contributed by atoms with van der Waals surface area (Å²) < 4.78 is 5.49. The monoisotopic (exact) mass is 466 g/mol. The minimum atomic E-state index is -0.628. The van der Waals surface area contributed by atoms with Crippen LogP contribution in [0.3, 0.4) is 0 Å². The van der Waals surface area contributed by atoms with E-state index in [2.05, 4.69) is 9.97 Å². The van der Waals surface area contributed by atoms with Crippen molar-refractivity contribution >= 4 is 17.8 Å². The van der Waals surface area contributed by atoms with Gasteiger partial charge in [0.2, 0.25) is 5.91 Å². The predicted octanol–water partition coefficient (Wildman–Crippen LogP) is 3.56. The highest BCUT2D eigenvalue weighted by Gasteiger charge is 2.34. The molecule has 182 valence electrons. The molecule has 0 aliphatic carbocycles. The topological polar surface area (TPSA) is 92.7 Å². The van der Waals surface area contributed by atoms with E-state index in [1.54, 1.807) is 18.7 Å². The van der Waals surface area contributed by atoms with E-state index >= 15 is 0 Å². The van der Waals surface area contributed by atoms with Crippen LogP contribution in [-0.2, 0) is 16.1 Å². The van der Waals surface area contributed by atoms with E-state index in [4.69, 9.17) is 4.74 Å². The van der Waals surface area contributed by atoms with Crippen molar-refractivity contribution in [2.75, 3.05) is 19.6 Å². The molecule has 1 aromatic carbocycles. The summed E-state index contributed by atoms with van der Waals surface area (Å²) in [4.78, 5) is 51.3. The van der Waals surface area contributed by atoms with Gasteiger partial charge in [0.25, 0.3) is 5.91 Å². The molecule has 2 aromatic rings. The molecule has 8 heteroatoms. The highest BCUT2D eigenvalue weighted by molar-refractivity contribution is 6.04. The summed E-state index contributed by atoms with van der Waals surface area (Å²) in [6.07, 6.45) is 0.451. The van der Waals surface area contributed by atoms with Gasteiger partial charge in [-0.05, 0) is 31.7 Å². The van der Waals surface area contributed by atoms with Crippen molar-refractivity contribution < 1.29 is 19.1 Å². The number of benzene rings is 1. The summed E-state index contributed by atoms with van der Waals surface area (Å²) in [6, 6.07) is 9.21. The van der Waals surface area contributed by atoms with Gasteiger partial charge < -0.3 is 14.5 Å². The molecule has 8 nitrogen and oxygen atoms in total. The molecule has 1 aliphatic heterocycles. The number of hydrogen-bond acceptors (Lipinski definition) is 6. The van der Waals surface area contributed by atoms with Crippen molar-refractivity contribution in [3.63, 3.8) is 0 Å². The summed E-state index contributed by atoms with van der Waals surface area (Å²) in [5.74, 6) is -0.481. The lowest BCUT2D eigenvalue weighted by Crippen LogP contribution is -2.56. The maximum absolute atomic E-state index is 13.5. The minimum Gasteiger partial charge on any atom is -0.457 e. The molecule has 1 fully saturated rings. The Labute approximate surface area is 201 Å². The fraction of sp³-hybridized carbons (Fsp3) is 0.500. The molecule has 2 amide bonds. The Morgan fingerprint density at radius 1 is 1.06 bits per heavy atom. The smallest absolute Gasteiger partial charge is 0.342 e. The highest BCUT2D eigenvalue weighted by atomic mass is 16.5. The Kier molecular flexibility index (Phi) is 7.69. The number of amides is 2. The number of hydrogen-bond donors (Lipinski definition) is 0. The van der Waals surface area contributed by atoms with Crippen LogP contribution in [-0.4, -0.2) is 63.2 Å². The molecule has 0 saturated carbocycles. The fourth-order valence-electron chi connectivity index (χ4n) is 4.12. The molecule has 2 heterocycles. The molecule has 1 aliphatic rings. The van der Waals surface area contributed by atoms with Crippen LogP contribution in [0.2, 0.25) is 0 Å². The Balaban J connectivity index is 1.77. The van der Waals surface area contributed by atoms with Crippen molar-refractivity contribution in [2.45, 2.75) is 60.6 Å². The van der Waals surface area contributed by atoms with E-state index in [0.29, 0.717) is 37.6 Å². The summed E-state index contributed by atoms with van der Waals surface area (Å²) in [7, 11) is 0. The lowest BCUT2D eigenvalue weighted by molar-refractivity contribution is -0.137. The van der Waals surface area contributed by atoms with Crippen LogP contribution >= 0.6 is 0 Å². The molecule has 1 aromatic heterocycles. The quantitative estimate of drug-likeness (QED) is 0.626. The number of aryl methyl sites for hydroxylation is 2. The van der Waals surface area contributed by atoms with Gasteiger partial charge in [0.1, 0.15) is 23.7 Å². The number of piperazine rings is 1. The first-order valence-corrected chi connectivity index (χ1v) is 11.6. The summed E-state index contributed by atoms with van der Waals surface area (Å²) >= 11 is 0. The van der Waals surface area contributed by atoms with Gasteiger partial charge in [0.15, 0.2) is 0 Å². The fourth-order valence-corrected chi connectivity index (χ4v) is 4.12. The standard InChI is InChI=1S/C26H34N4O4/c1-17-15-29(12-13-30(17)21(31)14-26(4,5)6)24(32)23-22(18(2)27-19(3)28-23)25(33)34-16-20-10-8-7-9-11-20/h7-11,17H,12-16H2,1-6H3. The summed E-state index contributed by atoms with van der Waals surface area (Å²) in [6.45, 7) is 12.7. The Hall–Kier alpha value is -3.29. The first-order chi connectivity index (χ1) is 16.0. The molecule has 0 spiro atoms. The first kappa shape index (κ1) is 25.3. The number of carbonyl (C=O) groups excluding carboxylic acids is 3. The number of aromatic nitrogens is 2. The second kappa shape index (κ2) is 10.3. The molecular formula is C26H34N4O4. The average molecular weight is 467 g/mol. The zero-order valence-corrected chi connectivity index (χ0v) is 20.9. The minimum absolute atomic E-state index is 0.0460. The van der Waals surface area contributed by atoms with Crippen LogP contribution in [0, 0.1) is 19.3 Å². The van der Waals surface area contributed by atoms with Gasteiger partial charge in [-0.2, -0.15) is 0 Å². The van der Waals surface area contributed by atoms with Gasteiger partial charge in [-0.25, -0.2) is 14.8 Å². The predicted molar refractivity (Wildman–Crippen MR) is 128 cm³/mol. The number of esters is 1. The third kappa shape index (κ3) is 6.18. The zero-order chi connectivity index (χ0) is 25.0. The number of carbonyl (C=O) groups is 3. The number of rotatable bonds is 5. The number of ether oxygens (including phenoxy) is 1. The molecule has 0 bridgehead atoms. The molecular weight excluding hydrogens is 432 g/mol. The van der Waals surface area contributed by atoms with E-state index in [1.807, 2.05) is 62.9 Å². The van der Waals surface area contributed by atoms with Crippen LogP contribution < -0.4 is 0 Å². The first-order valence-electron chi connectivity index (χ1n) is 11.6. The Morgan fingerprint density at radius 3 is 2.35 bits per heavy atom. The van der Waals surface area contributed by atoms with E-state index in [0.717, 1.165) is 5.56 Å². The highest BCUT2D eigenvalue weighted by Crippen LogP contribution is 2.23. The average Bonchev–Trinajstić information content (AvgIpc) is 2.75. The van der Waals surface area contributed by atoms with Crippen LogP contribution in [0.4, 0.5) is 0 Å². The van der Waals surface area contributed by atoms with Crippen molar-refractivity contribution in [1.29, 1.82) is 0 Å². The van der Waals surface area contributed by atoms with E-state index < -0.39 is 5.97 Å². The lowest BCUT2D eigenvalue weighted by Gasteiger charge is -2.40. The second-order valence-corrected chi connectivity index (χ2v) is 10.1. The molecule has 1 saturated heterocycles. The van der Waals surface area contributed by atoms with Crippen molar-refractivity contribution in [3.8, 4) is 0 Å². The molecule has 0 radical (unpaired) electrons. The normalized spacial score (nSPS) is 16.4. The van der Waals surface area contributed by atoms with Crippen LogP contribution in [0.1, 0.15) is 72.0 Å². The van der Waals surface area contributed by atoms with Crippen molar-refractivity contribution in [1.82, 2.24) is 19.8 Å². The third-order valence-electron chi connectivity index (χ3n) is 5.74. The van der Waals surface area contributed by atoms with Crippen LogP contribution in [0.25, 0.3) is 0 Å². The van der Waals surface area contributed by atoms with Gasteiger partial charge in [0, 0.05) is 32.1 Å². The maximum Gasteiger partial charge on any atom is 0.342 e. The SMILES string of the molecule is Cc1nc(C)c(C(=O)OCc2ccccc2)c(C(=O)N2CCN(C(=O)CC(C)(C)C)C(C)C2)n1. The molecule has 0 N–H and O–H groups in total. The van der Waals surface area contributed by atoms with Gasteiger partial charge in [-0.3, -0.25) is 9.59 Å². The van der Waals surface area contributed by atoms with E-state index in [1.165, 1.54) is 0 Å². The van der Waals surface area contributed by atoms with E-state index in [9.17, 15) is 14.4 Å². The van der Waals surface area contributed by atoms with Crippen molar-refractivity contribution in [2.24, 2.45) is 5.41 Å². The van der Waals surface area contributed by atoms with E-state index in [-0.39, 0.29) is 41.1 Å². The third-order valence-corrected chi connectivity index (χ3v) is 5.74. The van der Waals surface area contributed by atoms with Crippen LogP contribution in [0.5, 0.6) is 0 Å². The van der Waals surface area contributed by atoms with Gasteiger partial charge in [-0.15, -0.1) is 0 Å². The summed E-state index contributed by atoms with van der Waals surface area (Å²) in [5, 5.41) is 0. The van der Waals surface area contributed by atoms with Gasteiger partial charge in [-0.1, -0.05) is 51.1 Å². The van der Waals surface area contributed by atoms with Gasteiger partial charge >= 0.3 is 5.97 Å². The lowest BCUT2D eigenvalue weighted by atomic mass is 9.91. The van der Waals surface area contributed by atoms with Crippen molar-refractivity contribution in [3.05, 3.63) is 58.7 Å². The molecule has 3 rings (SSSR count). The largest absolute Gasteiger partial charge is 0.457 e. The maximum atomic E-state index is 13.5. The molecule has 34 heavy (non-hydrogen) atoms. The number of nitrogens with zero attached hydrogens (tertiary/aromatic N) is 4. The van der Waals surface area contributed by atoms with Gasteiger partial charge in [0.05, 0.1) is 5.69 Å². The Bertz CT molecular complexity index is 1060. The Morgan fingerprint density at radius 2 is 1.74 bits per heavy atom.